The Morgan fingerprint density at radius 2 is 2.07 bits per heavy atom. The minimum absolute atomic E-state index is 0.485. The molecule has 0 aliphatic heterocycles. The second-order valence-corrected chi connectivity index (χ2v) is 2.79. The topological polar surface area (TPSA) is 35.3 Å². The molecule has 1 aromatic carbocycles. The van der Waals surface area contributed by atoms with Crippen LogP contribution >= 0.6 is 0 Å². The monoisotopic (exact) mass is 189 g/mol. The molecule has 14 heavy (non-hydrogen) atoms. The van der Waals surface area contributed by atoms with Gasteiger partial charge in [-0.3, -0.25) is 0 Å². The van der Waals surface area contributed by atoms with E-state index >= 15 is 0 Å². The van der Waals surface area contributed by atoms with Gasteiger partial charge >= 0.3 is 5.95 Å². The van der Waals surface area contributed by atoms with Crippen LogP contribution in [0.1, 0.15) is 6.92 Å². The fourth-order valence-electron chi connectivity index (χ4n) is 1.26. The van der Waals surface area contributed by atoms with E-state index in [0.29, 0.717) is 12.6 Å². The molecule has 2 aromatic rings. The van der Waals surface area contributed by atoms with E-state index in [2.05, 4.69) is 4.98 Å². The summed E-state index contributed by atoms with van der Waals surface area (Å²) in [5.74, 6) is 0.485. The van der Waals surface area contributed by atoms with E-state index in [-0.39, 0.29) is 0 Å². The van der Waals surface area contributed by atoms with Gasteiger partial charge in [0, 0.05) is 5.56 Å². The lowest BCUT2D eigenvalue weighted by molar-refractivity contribution is 0.259. The second kappa shape index (κ2) is 3.96. The Kier molecular flexibility index (Phi) is 2.49. The molecule has 0 spiro atoms. The molecule has 0 amide bonds. The van der Waals surface area contributed by atoms with Gasteiger partial charge < -0.3 is 9.15 Å². The molecule has 0 radical (unpaired) electrons. The Morgan fingerprint density at radius 1 is 1.29 bits per heavy atom. The number of ether oxygens (including phenoxy) is 1. The molecule has 0 saturated carbocycles. The van der Waals surface area contributed by atoms with Gasteiger partial charge in [-0.15, -0.1) is 0 Å². The van der Waals surface area contributed by atoms with Gasteiger partial charge in [0.05, 0.1) is 6.61 Å². The summed E-state index contributed by atoms with van der Waals surface area (Å²) in [7, 11) is 0. The molecule has 72 valence electrons. The first-order chi connectivity index (χ1) is 6.92. The average molecular weight is 189 g/mol. The van der Waals surface area contributed by atoms with E-state index in [0.717, 1.165) is 11.3 Å². The van der Waals surface area contributed by atoms with E-state index in [9.17, 15) is 0 Å². The lowest BCUT2D eigenvalue weighted by Crippen LogP contribution is -1.91. The van der Waals surface area contributed by atoms with Crippen LogP contribution in [0.4, 0.5) is 0 Å². The molecule has 0 bridgehead atoms. The van der Waals surface area contributed by atoms with Crippen molar-refractivity contribution in [1.82, 2.24) is 4.98 Å². The standard InChI is InChI=1S/C11H11NO2/c1-2-13-11-10(12-8-14-11)9-6-4-3-5-7-9/h3-8H,2H2,1H3. The molecule has 0 aliphatic rings. The highest BCUT2D eigenvalue weighted by atomic mass is 16.6. The van der Waals surface area contributed by atoms with Crippen molar-refractivity contribution in [2.45, 2.75) is 6.92 Å². The minimum atomic E-state index is 0.485. The lowest BCUT2D eigenvalue weighted by Gasteiger charge is -2.00. The maximum Gasteiger partial charge on any atom is 0.313 e. The first-order valence-corrected chi connectivity index (χ1v) is 4.53. The van der Waals surface area contributed by atoms with Crippen LogP contribution in [-0.2, 0) is 0 Å². The van der Waals surface area contributed by atoms with Gasteiger partial charge in [-0.1, -0.05) is 30.3 Å². The highest BCUT2D eigenvalue weighted by Gasteiger charge is 2.10. The second-order valence-electron chi connectivity index (χ2n) is 2.79. The Morgan fingerprint density at radius 3 is 2.79 bits per heavy atom. The van der Waals surface area contributed by atoms with E-state index in [1.165, 1.54) is 6.39 Å². The van der Waals surface area contributed by atoms with Crippen molar-refractivity contribution in [3.05, 3.63) is 36.7 Å². The van der Waals surface area contributed by atoms with E-state index in [1.807, 2.05) is 37.3 Å². The maximum atomic E-state index is 5.30. The maximum absolute atomic E-state index is 5.30. The molecule has 0 fully saturated rings. The first-order valence-electron chi connectivity index (χ1n) is 4.53. The molecule has 0 aliphatic carbocycles. The fraction of sp³-hybridized carbons (Fsp3) is 0.182. The molecular weight excluding hydrogens is 178 g/mol. The predicted molar refractivity (Wildman–Crippen MR) is 53.1 cm³/mol. The Balaban J connectivity index is 2.37. The van der Waals surface area contributed by atoms with Gasteiger partial charge in [-0.2, -0.15) is 0 Å². The van der Waals surface area contributed by atoms with Crippen molar-refractivity contribution < 1.29 is 9.15 Å². The third-order valence-corrected chi connectivity index (χ3v) is 1.86. The molecule has 0 atom stereocenters. The van der Waals surface area contributed by atoms with Crippen molar-refractivity contribution in [1.29, 1.82) is 0 Å². The zero-order valence-corrected chi connectivity index (χ0v) is 7.93. The van der Waals surface area contributed by atoms with Crippen LogP contribution in [0, 0.1) is 0 Å². The van der Waals surface area contributed by atoms with Gasteiger partial charge in [-0.05, 0) is 6.92 Å². The predicted octanol–water partition coefficient (Wildman–Crippen LogP) is 2.74. The van der Waals surface area contributed by atoms with Gasteiger partial charge in [-0.25, -0.2) is 4.98 Å². The summed E-state index contributed by atoms with van der Waals surface area (Å²) in [6, 6.07) is 9.82. The molecular formula is C11H11NO2. The quantitative estimate of drug-likeness (QED) is 0.744. The smallest absolute Gasteiger partial charge is 0.313 e. The van der Waals surface area contributed by atoms with Gasteiger partial charge in [0.2, 0.25) is 0 Å². The fourth-order valence-corrected chi connectivity index (χ4v) is 1.26. The molecule has 0 saturated heterocycles. The van der Waals surface area contributed by atoms with Crippen molar-refractivity contribution in [2.24, 2.45) is 0 Å². The zero-order chi connectivity index (χ0) is 9.80. The lowest BCUT2D eigenvalue weighted by atomic mass is 10.2. The number of hydrogen-bond donors (Lipinski definition) is 0. The number of hydrogen-bond acceptors (Lipinski definition) is 3. The van der Waals surface area contributed by atoms with Gasteiger partial charge in [0.1, 0.15) is 0 Å². The van der Waals surface area contributed by atoms with Crippen molar-refractivity contribution in [3.63, 3.8) is 0 Å². The Hall–Kier alpha value is -1.77. The highest BCUT2D eigenvalue weighted by Crippen LogP contribution is 2.27. The summed E-state index contributed by atoms with van der Waals surface area (Å²) in [6.07, 6.45) is 1.40. The third kappa shape index (κ3) is 1.62. The average Bonchev–Trinajstić information content (AvgIpc) is 2.68. The molecule has 1 aromatic heterocycles. The van der Waals surface area contributed by atoms with Crippen LogP contribution < -0.4 is 4.74 Å². The SMILES string of the molecule is CCOc1ocnc1-c1ccccc1. The molecule has 1 heterocycles. The van der Waals surface area contributed by atoms with Crippen LogP contribution in [-0.4, -0.2) is 11.6 Å². The number of rotatable bonds is 3. The minimum Gasteiger partial charge on any atom is -0.464 e. The number of benzene rings is 1. The summed E-state index contributed by atoms with van der Waals surface area (Å²) in [5, 5.41) is 0. The molecule has 2 rings (SSSR count). The summed E-state index contributed by atoms with van der Waals surface area (Å²) in [4.78, 5) is 4.11. The van der Waals surface area contributed by atoms with Crippen molar-refractivity contribution in [2.75, 3.05) is 6.61 Å². The zero-order valence-electron chi connectivity index (χ0n) is 7.93. The van der Waals surface area contributed by atoms with Crippen LogP contribution in [0.25, 0.3) is 11.3 Å². The molecule has 0 unspecified atom stereocenters. The van der Waals surface area contributed by atoms with Crippen molar-refractivity contribution in [3.8, 4) is 17.2 Å². The van der Waals surface area contributed by atoms with Gasteiger partial charge in [0.15, 0.2) is 12.1 Å². The molecule has 0 N–H and O–H groups in total. The summed E-state index contributed by atoms with van der Waals surface area (Å²) in [6.45, 7) is 2.49. The Bertz CT molecular complexity index is 395. The Labute approximate surface area is 82.3 Å². The first kappa shape index (κ1) is 8.81. The van der Waals surface area contributed by atoms with Crippen LogP contribution in [0.3, 0.4) is 0 Å². The summed E-state index contributed by atoms with van der Waals surface area (Å²) in [5.41, 5.74) is 1.76. The van der Waals surface area contributed by atoms with E-state index < -0.39 is 0 Å². The van der Waals surface area contributed by atoms with Crippen LogP contribution in [0.5, 0.6) is 5.95 Å². The normalized spacial score (nSPS) is 10.1. The number of oxazole rings is 1. The summed E-state index contributed by atoms with van der Waals surface area (Å²) < 4.78 is 10.4. The van der Waals surface area contributed by atoms with E-state index in [4.69, 9.17) is 9.15 Å². The summed E-state index contributed by atoms with van der Waals surface area (Å²) >= 11 is 0. The highest BCUT2D eigenvalue weighted by molar-refractivity contribution is 5.63. The molecule has 3 nitrogen and oxygen atoms in total. The molecule has 3 heteroatoms. The largest absolute Gasteiger partial charge is 0.464 e. The van der Waals surface area contributed by atoms with Crippen molar-refractivity contribution >= 4 is 0 Å². The third-order valence-electron chi connectivity index (χ3n) is 1.86. The van der Waals surface area contributed by atoms with Crippen LogP contribution in [0.2, 0.25) is 0 Å². The van der Waals surface area contributed by atoms with Gasteiger partial charge in [0.25, 0.3) is 0 Å². The number of nitrogens with zero attached hydrogens (tertiary/aromatic N) is 1. The van der Waals surface area contributed by atoms with E-state index in [1.54, 1.807) is 0 Å². The number of aromatic nitrogens is 1. The van der Waals surface area contributed by atoms with Crippen LogP contribution in [0.15, 0.2) is 41.1 Å².